The molecule has 1 aliphatic rings. The Labute approximate surface area is 84.2 Å². The first kappa shape index (κ1) is 9.59. The lowest BCUT2D eigenvalue weighted by atomic mass is 9.82. The molecule has 1 N–H and O–H groups in total. The number of hydrogen-bond acceptors (Lipinski definition) is 3. The Bertz CT molecular complexity index is 321. The number of aromatic nitrogens is 2. The Hall–Kier alpha value is -0.960. The van der Waals surface area contributed by atoms with Gasteiger partial charge in [0.05, 0.1) is 6.61 Å². The Kier molecular flexibility index (Phi) is 2.77. The topological polar surface area (TPSA) is 46.0 Å². The van der Waals surface area contributed by atoms with E-state index in [4.69, 9.17) is 5.11 Å². The van der Waals surface area contributed by atoms with Crippen LogP contribution in [0.25, 0.3) is 0 Å². The van der Waals surface area contributed by atoms with E-state index in [0.29, 0.717) is 12.3 Å². The summed E-state index contributed by atoms with van der Waals surface area (Å²) in [7, 11) is 0. The van der Waals surface area contributed by atoms with Crippen molar-refractivity contribution in [2.24, 2.45) is 0 Å². The van der Waals surface area contributed by atoms with Gasteiger partial charge >= 0.3 is 0 Å². The predicted molar refractivity (Wildman–Crippen MR) is 54.2 cm³/mol. The zero-order valence-corrected chi connectivity index (χ0v) is 8.53. The summed E-state index contributed by atoms with van der Waals surface area (Å²) in [5, 5.41) is 8.83. The van der Waals surface area contributed by atoms with Gasteiger partial charge in [0, 0.05) is 23.7 Å². The van der Waals surface area contributed by atoms with E-state index in [1.807, 2.05) is 6.92 Å². The third-order valence-corrected chi connectivity index (χ3v) is 2.78. The first-order valence-electron chi connectivity index (χ1n) is 5.25. The molecule has 0 aromatic carbocycles. The SMILES string of the molecule is Cc1cc(C2CCC2)nc(CCO)n1. The summed E-state index contributed by atoms with van der Waals surface area (Å²) in [6.45, 7) is 2.12. The molecule has 3 heteroatoms. The zero-order valence-electron chi connectivity index (χ0n) is 8.53. The fraction of sp³-hybridized carbons (Fsp3) is 0.636. The number of nitrogens with zero attached hydrogens (tertiary/aromatic N) is 2. The monoisotopic (exact) mass is 192 g/mol. The number of aryl methyl sites for hydroxylation is 1. The van der Waals surface area contributed by atoms with Gasteiger partial charge in [0.1, 0.15) is 5.82 Å². The molecule has 0 unspecified atom stereocenters. The average molecular weight is 192 g/mol. The van der Waals surface area contributed by atoms with Gasteiger partial charge in [0.15, 0.2) is 0 Å². The van der Waals surface area contributed by atoms with E-state index >= 15 is 0 Å². The largest absolute Gasteiger partial charge is 0.396 e. The van der Waals surface area contributed by atoms with Crippen LogP contribution in [0.3, 0.4) is 0 Å². The standard InChI is InChI=1S/C11H16N2O/c1-8-7-10(9-3-2-4-9)13-11(12-8)5-6-14/h7,9,14H,2-6H2,1H3. The third-order valence-electron chi connectivity index (χ3n) is 2.78. The first-order valence-corrected chi connectivity index (χ1v) is 5.25. The van der Waals surface area contributed by atoms with Crippen molar-refractivity contribution in [3.8, 4) is 0 Å². The Morgan fingerprint density at radius 1 is 1.43 bits per heavy atom. The summed E-state index contributed by atoms with van der Waals surface area (Å²) in [5.74, 6) is 1.43. The van der Waals surface area contributed by atoms with Gasteiger partial charge in [-0.3, -0.25) is 0 Å². The third kappa shape index (κ3) is 1.93. The molecule has 3 nitrogen and oxygen atoms in total. The second-order valence-corrected chi connectivity index (χ2v) is 3.95. The first-order chi connectivity index (χ1) is 6.79. The fourth-order valence-electron chi connectivity index (χ4n) is 1.78. The van der Waals surface area contributed by atoms with Crippen molar-refractivity contribution in [2.45, 2.75) is 38.5 Å². The van der Waals surface area contributed by atoms with Crippen LogP contribution < -0.4 is 0 Å². The molecule has 2 rings (SSSR count). The van der Waals surface area contributed by atoms with E-state index in [1.54, 1.807) is 0 Å². The molecule has 1 aromatic heterocycles. The summed E-state index contributed by atoms with van der Waals surface area (Å²) in [5.41, 5.74) is 2.19. The maximum Gasteiger partial charge on any atom is 0.131 e. The molecule has 0 spiro atoms. The summed E-state index contributed by atoms with van der Waals surface area (Å²) >= 11 is 0. The molecular weight excluding hydrogens is 176 g/mol. The Balaban J connectivity index is 2.21. The predicted octanol–water partition coefficient (Wildman–Crippen LogP) is 1.59. The molecule has 1 fully saturated rings. The van der Waals surface area contributed by atoms with E-state index in [9.17, 15) is 0 Å². The lowest BCUT2D eigenvalue weighted by Gasteiger charge is -2.25. The van der Waals surface area contributed by atoms with Crippen molar-refractivity contribution < 1.29 is 5.11 Å². The van der Waals surface area contributed by atoms with Crippen LogP contribution in [0.2, 0.25) is 0 Å². The zero-order chi connectivity index (χ0) is 9.97. The van der Waals surface area contributed by atoms with Gasteiger partial charge < -0.3 is 5.11 Å². The highest BCUT2D eigenvalue weighted by Gasteiger charge is 2.21. The molecule has 1 aliphatic carbocycles. The Morgan fingerprint density at radius 3 is 2.79 bits per heavy atom. The minimum atomic E-state index is 0.133. The highest BCUT2D eigenvalue weighted by atomic mass is 16.3. The normalized spacial score (nSPS) is 16.7. The summed E-state index contributed by atoms with van der Waals surface area (Å²) < 4.78 is 0. The minimum Gasteiger partial charge on any atom is -0.396 e. The molecule has 0 aliphatic heterocycles. The summed E-state index contributed by atoms with van der Waals surface area (Å²) in [6, 6.07) is 2.07. The van der Waals surface area contributed by atoms with Gasteiger partial charge in [0.25, 0.3) is 0 Å². The van der Waals surface area contributed by atoms with Gasteiger partial charge in [-0.1, -0.05) is 6.42 Å². The molecule has 1 aromatic rings. The van der Waals surface area contributed by atoms with Crippen LogP contribution in [0.5, 0.6) is 0 Å². The van der Waals surface area contributed by atoms with E-state index in [1.165, 1.54) is 25.0 Å². The lowest BCUT2D eigenvalue weighted by molar-refractivity contribution is 0.296. The van der Waals surface area contributed by atoms with Crippen molar-refractivity contribution in [2.75, 3.05) is 6.61 Å². The maximum atomic E-state index is 8.83. The molecule has 14 heavy (non-hydrogen) atoms. The molecule has 1 saturated carbocycles. The molecular formula is C11H16N2O. The van der Waals surface area contributed by atoms with Crippen LogP contribution in [-0.4, -0.2) is 21.7 Å². The quantitative estimate of drug-likeness (QED) is 0.791. The fourth-order valence-corrected chi connectivity index (χ4v) is 1.78. The second kappa shape index (κ2) is 4.05. The van der Waals surface area contributed by atoms with Crippen molar-refractivity contribution in [3.63, 3.8) is 0 Å². The lowest BCUT2D eigenvalue weighted by Crippen LogP contribution is -2.13. The highest BCUT2D eigenvalue weighted by molar-refractivity contribution is 5.16. The minimum absolute atomic E-state index is 0.133. The smallest absolute Gasteiger partial charge is 0.131 e. The van der Waals surface area contributed by atoms with Crippen LogP contribution in [-0.2, 0) is 6.42 Å². The Morgan fingerprint density at radius 2 is 2.21 bits per heavy atom. The maximum absolute atomic E-state index is 8.83. The van der Waals surface area contributed by atoms with Crippen LogP contribution in [0, 0.1) is 6.92 Å². The number of aliphatic hydroxyl groups is 1. The van der Waals surface area contributed by atoms with Crippen molar-refractivity contribution in [1.82, 2.24) is 9.97 Å². The van der Waals surface area contributed by atoms with Gasteiger partial charge in [-0.05, 0) is 25.8 Å². The molecule has 76 valence electrons. The molecule has 0 amide bonds. The number of aliphatic hydroxyl groups excluding tert-OH is 1. The molecule has 0 atom stereocenters. The van der Waals surface area contributed by atoms with E-state index in [2.05, 4.69) is 16.0 Å². The van der Waals surface area contributed by atoms with E-state index in [-0.39, 0.29) is 6.61 Å². The van der Waals surface area contributed by atoms with Crippen LogP contribution in [0.4, 0.5) is 0 Å². The van der Waals surface area contributed by atoms with Gasteiger partial charge in [0.2, 0.25) is 0 Å². The van der Waals surface area contributed by atoms with Crippen molar-refractivity contribution >= 4 is 0 Å². The van der Waals surface area contributed by atoms with Crippen LogP contribution >= 0.6 is 0 Å². The van der Waals surface area contributed by atoms with E-state index in [0.717, 1.165) is 11.5 Å². The van der Waals surface area contributed by atoms with Gasteiger partial charge in [-0.25, -0.2) is 9.97 Å². The number of hydrogen-bond donors (Lipinski definition) is 1. The average Bonchev–Trinajstić information content (AvgIpc) is 1.99. The molecule has 0 saturated heterocycles. The van der Waals surface area contributed by atoms with Crippen molar-refractivity contribution in [3.05, 3.63) is 23.3 Å². The van der Waals surface area contributed by atoms with Crippen LogP contribution in [0.1, 0.15) is 42.4 Å². The van der Waals surface area contributed by atoms with Gasteiger partial charge in [-0.2, -0.15) is 0 Å². The molecule has 0 bridgehead atoms. The highest BCUT2D eigenvalue weighted by Crippen LogP contribution is 2.35. The molecule has 0 radical (unpaired) electrons. The van der Waals surface area contributed by atoms with Gasteiger partial charge in [-0.15, -0.1) is 0 Å². The summed E-state index contributed by atoms with van der Waals surface area (Å²) in [6.07, 6.45) is 4.41. The van der Waals surface area contributed by atoms with Crippen LogP contribution in [0.15, 0.2) is 6.07 Å². The van der Waals surface area contributed by atoms with E-state index < -0.39 is 0 Å². The second-order valence-electron chi connectivity index (χ2n) is 3.95. The van der Waals surface area contributed by atoms with Crippen molar-refractivity contribution in [1.29, 1.82) is 0 Å². The number of rotatable bonds is 3. The molecule has 1 heterocycles. The summed E-state index contributed by atoms with van der Waals surface area (Å²) in [4.78, 5) is 8.77.